The van der Waals surface area contributed by atoms with Crippen molar-refractivity contribution < 1.29 is 9.53 Å². The molecule has 0 atom stereocenters. The maximum atomic E-state index is 12.4. The number of benzene rings is 1. The van der Waals surface area contributed by atoms with E-state index in [4.69, 9.17) is 4.74 Å². The lowest BCUT2D eigenvalue weighted by atomic mass is 10.3. The molecule has 4 rings (SSSR count). The lowest BCUT2D eigenvalue weighted by Crippen LogP contribution is -2.39. The van der Waals surface area contributed by atoms with E-state index in [1.807, 2.05) is 43.1 Å². The van der Waals surface area contributed by atoms with Crippen LogP contribution in [0.4, 0.5) is 10.8 Å². The first-order valence-electron chi connectivity index (χ1n) is 7.68. The van der Waals surface area contributed by atoms with E-state index in [-0.39, 0.29) is 12.5 Å². The third-order valence-corrected chi connectivity index (χ3v) is 4.88. The number of thiazole rings is 1. The molecule has 0 aliphatic carbocycles. The molecule has 1 amide bonds. The molecule has 1 aliphatic heterocycles. The summed E-state index contributed by atoms with van der Waals surface area (Å²) in [5.74, 6) is 0.622. The molecule has 0 spiro atoms. The zero-order chi connectivity index (χ0) is 16.7. The summed E-state index contributed by atoms with van der Waals surface area (Å²) in [5, 5.41) is 7.89. The van der Waals surface area contributed by atoms with E-state index in [0.29, 0.717) is 24.2 Å². The van der Waals surface area contributed by atoms with Gasteiger partial charge in [-0.15, -0.1) is 0 Å². The molecule has 0 fully saturated rings. The fourth-order valence-electron chi connectivity index (χ4n) is 2.93. The molecular weight excluding hydrogens is 326 g/mol. The lowest BCUT2D eigenvalue weighted by molar-refractivity contribution is -0.115. The predicted octanol–water partition coefficient (Wildman–Crippen LogP) is 2.18. The van der Waals surface area contributed by atoms with Gasteiger partial charge in [0.15, 0.2) is 5.13 Å². The van der Waals surface area contributed by atoms with Crippen molar-refractivity contribution in [1.82, 2.24) is 14.8 Å². The number of hydrogen-bond acceptors (Lipinski definition) is 6. The molecule has 0 saturated carbocycles. The number of aryl methyl sites for hydroxylation is 2. The van der Waals surface area contributed by atoms with E-state index in [9.17, 15) is 4.79 Å². The molecule has 0 bridgehead atoms. The monoisotopic (exact) mass is 343 g/mol. The number of carbonyl (C=O) groups is 1. The number of fused-ring (bicyclic) bond motifs is 2. The molecule has 1 N–H and O–H groups in total. The molecule has 1 aromatic carbocycles. The molecule has 124 valence electrons. The summed E-state index contributed by atoms with van der Waals surface area (Å²) >= 11 is 1.48. The average molecular weight is 343 g/mol. The summed E-state index contributed by atoms with van der Waals surface area (Å²) in [6.07, 6.45) is 0. The topological polar surface area (TPSA) is 72.3 Å². The highest BCUT2D eigenvalue weighted by Gasteiger charge is 2.26. The number of ether oxygens (including phenoxy) is 1. The van der Waals surface area contributed by atoms with Crippen LogP contribution >= 0.6 is 11.3 Å². The minimum absolute atomic E-state index is 0.0924. The molecule has 8 heteroatoms. The van der Waals surface area contributed by atoms with Crippen molar-refractivity contribution >= 4 is 38.3 Å². The van der Waals surface area contributed by atoms with E-state index in [2.05, 4.69) is 15.4 Å². The van der Waals surface area contributed by atoms with Gasteiger partial charge in [0.25, 0.3) is 0 Å². The van der Waals surface area contributed by atoms with E-state index in [0.717, 1.165) is 21.6 Å². The molecule has 0 saturated heterocycles. The summed E-state index contributed by atoms with van der Waals surface area (Å²) in [6, 6.07) is 7.84. The number of nitrogens with zero attached hydrogens (tertiary/aromatic N) is 4. The van der Waals surface area contributed by atoms with Crippen molar-refractivity contribution in [2.45, 2.75) is 6.92 Å². The Kier molecular flexibility index (Phi) is 3.61. The minimum Gasteiger partial charge on any atom is -0.474 e. The fraction of sp³-hybridized carbons (Fsp3) is 0.312. The molecule has 24 heavy (non-hydrogen) atoms. The van der Waals surface area contributed by atoms with E-state index in [1.54, 1.807) is 4.68 Å². The van der Waals surface area contributed by atoms with Gasteiger partial charge in [0.05, 0.1) is 29.0 Å². The SMILES string of the molecule is Cc1nn(C)c2c1N(CC(=O)Nc1nc3ccccc3s1)CCO2. The largest absolute Gasteiger partial charge is 0.474 e. The molecule has 1 aliphatic rings. The van der Waals surface area contributed by atoms with Gasteiger partial charge in [0.1, 0.15) is 12.3 Å². The van der Waals surface area contributed by atoms with Crippen molar-refractivity contribution in [3.63, 3.8) is 0 Å². The second kappa shape index (κ2) is 5.79. The van der Waals surface area contributed by atoms with Crippen LogP contribution in [-0.4, -0.2) is 40.4 Å². The van der Waals surface area contributed by atoms with Gasteiger partial charge >= 0.3 is 0 Å². The highest BCUT2D eigenvalue weighted by atomic mass is 32.1. The Labute approximate surface area is 142 Å². The predicted molar refractivity (Wildman–Crippen MR) is 93.9 cm³/mol. The number of rotatable bonds is 3. The van der Waals surface area contributed by atoms with Gasteiger partial charge in [-0.1, -0.05) is 23.5 Å². The van der Waals surface area contributed by atoms with Gasteiger partial charge in [0, 0.05) is 7.05 Å². The fourth-order valence-corrected chi connectivity index (χ4v) is 3.81. The Hall–Kier alpha value is -2.61. The van der Waals surface area contributed by atoms with Gasteiger partial charge in [-0.25, -0.2) is 9.67 Å². The Morgan fingerprint density at radius 2 is 2.25 bits per heavy atom. The number of hydrogen-bond donors (Lipinski definition) is 1. The number of para-hydroxylation sites is 1. The summed E-state index contributed by atoms with van der Waals surface area (Å²) in [5.41, 5.74) is 2.65. The highest BCUT2D eigenvalue weighted by Crippen LogP contribution is 2.34. The van der Waals surface area contributed by atoms with Crippen molar-refractivity contribution in [3.05, 3.63) is 30.0 Å². The van der Waals surface area contributed by atoms with Crippen LogP contribution in [-0.2, 0) is 11.8 Å². The molecular formula is C16H17N5O2S. The van der Waals surface area contributed by atoms with Crippen LogP contribution in [0.1, 0.15) is 5.69 Å². The third kappa shape index (κ3) is 2.58. The van der Waals surface area contributed by atoms with Gasteiger partial charge in [-0.05, 0) is 19.1 Å². The summed E-state index contributed by atoms with van der Waals surface area (Å²) in [7, 11) is 1.84. The van der Waals surface area contributed by atoms with Crippen LogP contribution < -0.4 is 15.0 Å². The maximum Gasteiger partial charge on any atom is 0.245 e. The van der Waals surface area contributed by atoms with Crippen molar-refractivity contribution in [1.29, 1.82) is 0 Å². The molecule has 0 unspecified atom stereocenters. The summed E-state index contributed by atoms with van der Waals surface area (Å²) < 4.78 is 8.43. The van der Waals surface area contributed by atoms with Crippen molar-refractivity contribution in [3.8, 4) is 5.88 Å². The number of carbonyl (C=O) groups excluding carboxylic acids is 1. The first kappa shape index (κ1) is 14.9. The Morgan fingerprint density at radius 1 is 1.42 bits per heavy atom. The van der Waals surface area contributed by atoms with E-state index < -0.39 is 0 Å². The zero-order valence-electron chi connectivity index (χ0n) is 13.4. The van der Waals surface area contributed by atoms with E-state index >= 15 is 0 Å². The quantitative estimate of drug-likeness (QED) is 0.789. The van der Waals surface area contributed by atoms with Crippen LogP contribution in [0.5, 0.6) is 5.88 Å². The van der Waals surface area contributed by atoms with Crippen LogP contribution in [0.3, 0.4) is 0 Å². The number of nitrogens with one attached hydrogen (secondary N) is 1. The third-order valence-electron chi connectivity index (χ3n) is 3.93. The Morgan fingerprint density at radius 3 is 3.08 bits per heavy atom. The van der Waals surface area contributed by atoms with Gasteiger partial charge < -0.3 is 15.0 Å². The first-order chi connectivity index (χ1) is 11.6. The first-order valence-corrected chi connectivity index (χ1v) is 8.50. The molecule has 3 heterocycles. The second-order valence-corrected chi connectivity index (χ2v) is 6.70. The summed E-state index contributed by atoms with van der Waals surface area (Å²) in [6.45, 7) is 3.37. The molecule has 2 aromatic heterocycles. The number of aromatic nitrogens is 3. The van der Waals surface area contributed by atoms with E-state index in [1.165, 1.54) is 11.3 Å². The summed E-state index contributed by atoms with van der Waals surface area (Å²) in [4.78, 5) is 18.9. The lowest BCUT2D eigenvalue weighted by Gasteiger charge is -2.28. The standard InChI is InChI=1S/C16H17N5O2S/c1-10-14-15(20(2)19-10)23-8-7-21(14)9-13(22)18-16-17-11-5-3-4-6-12(11)24-16/h3-6H,7-9H2,1-2H3,(H,17,18,22). The maximum absolute atomic E-state index is 12.4. The van der Waals surface area contributed by atoms with Crippen LogP contribution in [0.25, 0.3) is 10.2 Å². The number of amides is 1. The second-order valence-electron chi connectivity index (χ2n) is 5.67. The van der Waals surface area contributed by atoms with Crippen LogP contribution in [0.2, 0.25) is 0 Å². The van der Waals surface area contributed by atoms with Crippen molar-refractivity contribution in [2.75, 3.05) is 29.9 Å². The molecule has 3 aromatic rings. The normalized spacial score (nSPS) is 13.7. The van der Waals surface area contributed by atoms with Gasteiger partial charge in [0.2, 0.25) is 11.8 Å². The molecule has 0 radical (unpaired) electrons. The number of anilines is 2. The van der Waals surface area contributed by atoms with Gasteiger partial charge in [-0.3, -0.25) is 4.79 Å². The zero-order valence-corrected chi connectivity index (χ0v) is 14.3. The minimum atomic E-state index is -0.0924. The van der Waals surface area contributed by atoms with Gasteiger partial charge in [-0.2, -0.15) is 5.10 Å². The highest BCUT2D eigenvalue weighted by molar-refractivity contribution is 7.22. The van der Waals surface area contributed by atoms with Crippen molar-refractivity contribution in [2.24, 2.45) is 7.05 Å². The molecule has 7 nitrogen and oxygen atoms in total. The Balaban J connectivity index is 1.51. The Bertz CT molecular complexity index is 883. The smallest absolute Gasteiger partial charge is 0.245 e. The van der Waals surface area contributed by atoms with Crippen LogP contribution in [0.15, 0.2) is 24.3 Å². The average Bonchev–Trinajstić information content (AvgIpc) is 3.08. The van der Waals surface area contributed by atoms with Crippen LogP contribution in [0, 0.1) is 6.92 Å².